The lowest BCUT2D eigenvalue weighted by atomic mass is 9.64. The van der Waals surface area contributed by atoms with Gasteiger partial charge in [-0.3, -0.25) is 4.79 Å². The number of ether oxygens (including phenoxy) is 2. The minimum absolute atomic E-state index is 0.104. The number of benzene rings is 1. The van der Waals surface area contributed by atoms with Crippen molar-refractivity contribution < 1.29 is 14.3 Å². The van der Waals surface area contributed by atoms with E-state index in [0.29, 0.717) is 23.7 Å². The van der Waals surface area contributed by atoms with E-state index in [9.17, 15) is 4.79 Å². The number of rotatable bonds is 4. The Morgan fingerprint density at radius 3 is 2.76 bits per heavy atom. The molecule has 3 nitrogen and oxygen atoms in total. The number of carbonyl (C=O) groups excluding carboxylic acids is 1. The van der Waals surface area contributed by atoms with E-state index in [2.05, 4.69) is 26.0 Å². The number of hydrogen-bond donors (Lipinski definition) is 0. The molecule has 0 bridgehead atoms. The van der Waals surface area contributed by atoms with Crippen LogP contribution in [0.1, 0.15) is 51.0 Å². The molecule has 3 heteroatoms. The van der Waals surface area contributed by atoms with E-state index in [1.807, 2.05) is 12.1 Å². The van der Waals surface area contributed by atoms with Gasteiger partial charge in [0.15, 0.2) is 0 Å². The fourth-order valence-electron chi connectivity index (χ4n) is 3.45. The molecule has 0 N–H and O–H groups in total. The predicted octanol–water partition coefficient (Wildman–Crippen LogP) is 4.17. The van der Waals surface area contributed by atoms with Crippen molar-refractivity contribution in [1.29, 1.82) is 0 Å². The Hall–Kier alpha value is -1.51. The van der Waals surface area contributed by atoms with E-state index >= 15 is 0 Å². The van der Waals surface area contributed by atoms with Crippen molar-refractivity contribution in [3.05, 3.63) is 29.8 Å². The summed E-state index contributed by atoms with van der Waals surface area (Å²) in [7, 11) is 3.16. The maximum Gasteiger partial charge on any atom is 0.305 e. The van der Waals surface area contributed by atoms with Crippen molar-refractivity contribution in [3.8, 4) is 5.75 Å². The molecule has 0 spiro atoms. The zero-order chi connectivity index (χ0) is 15.5. The smallest absolute Gasteiger partial charge is 0.305 e. The summed E-state index contributed by atoms with van der Waals surface area (Å²) >= 11 is 0. The lowest BCUT2D eigenvalue weighted by Crippen LogP contribution is -2.30. The molecule has 1 saturated carbocycles. The average Bonchev–Trinajstić information content (AvgIpc) is 2.48. The number of carbonyl (C=O) groups is 1. The van der Waals surface area contributed by atoms with Gasteiger partial charge in [-0.15, -0.1) is 0 Å². The molecule has 2 rings (SSSR count). The van der Waals surface area contributed by atoms with Crippen LogP contribution in [0.5, 0.6) is 5.75 Å². The van der Waals surface area contributed by atoms with E-state index in [-0.39, 0.29) is 5.97 Å². The second-order valence-corrected chi connectivity index (χ2v) is 6.83. The van der Waals surface area contributed by atoms with Crippen LogP contribution in [-0.2, 0) is 9.53 Å². The third-order valence-electron chi connectivity index (χ3n) is 4.71. The van der Waals surface area contributed by atoms with Crippen LogP contribution in [0.4, 0.5) is 0 Å². The van der Waals surface area contributed by atoms with E-state index in [4.69, 9.17) is 9.47 Å². The first-order valence-electron chi connectivity index (χ1n) is 7.66. The molecule has 1 aliphatic rings. The van der Waals surface area contributed by atoms with Crippen LogP contribution in [0, 0.1) is 11.3 Å². The molecule has 0 radical (unpaired) electrons. The van der Waals surface area contributed by atoms with Crippen LogP contribution in [0.25, 0.3) is 0 Å². The van der Waals surface area contributed by atoms with Gasteiger partial charge in [0.05, 0.1) is 14.2 Å². The Bertz CT molecular complexity index is 493. The first-order valence-corrected chi connectivity index (χ1v) is 7.66. The van der Waals surface area contributed by atoms with Gasteiger partial charge in [0.2, 0.25) is 0 Å². The predicted molar refractivity (Wildman–Crippen MR) is 83.5 cm³/mol. The summed E-state index contributed by atoms with van der Waals surface area (Å²) in [5.41, 5.74) is 1.59. The highest BCUT2D eigenvalue weighted by Gasteiger charge is 2.36. The first kappa shape index (κ1) is 15.9. The van der Waals surface area contributed by atoms with Gasteiger partial charge in [0.25, 0.3) is 0 Å². The van der Waals surface area contributed by atoms with Crippen molar-refractivity contribution in [2.45, 2.75) is 45.4 Å². The highest BCUT2D eigenvalue weighted by Crippen LogP contribution is 2.48. The summed E-state index contributed by atoms with van der Waals surface area (Å²) in [6, 6.07) is 8.26. The first-order chi connectivity index (χ1) is 9.95. The largest absolute Gasteiger partial charge is 0.497 e. The molecular formula is C18H26O3. The lowest BCUT2D eigenvalue weighted by Gasteiger charge is -2.41. The molecule has 0 saturated heterocycles. The zero-order valence-corrected chi connectivity index (χ0v) is 13.5. The summed E-state index contributed by atoms with van der Waals surface area (Å²) < 4.78 is 10.2. The van der Waals surface area contributed by atoms with Crippen LogP contribution in [-0.4, -0.2) is 20.2 Å². The summed E-state index contributed by atoms with van der Waals surface area (Å²) in [6.45, 7) is 4.63. The van der Waals surface area contributed by atoms with Gasteiger partial charge in [-0.1, -0.05) is 26.0 Å². The van der Waals surface area contributed by atoms with E-state index in [1.54, 1.807) is 7.11 Å². The molecule has 21 heavy (non-hydrogen) atoms. The number of methoxy groups -OCH3 is 2. The molecule has 116 valence electrons. The van der Waals surface area contributed by atoms with Gasteiger partial charge in [-0.05, 0) is 54.2 Å². The van der Waals surface area contributed by atoms with Crippen molar-refractivity contribution in [2.75, 3.05) is 14.2 Å². The quantitative estimate of drug-likeness (QED) is 0.781. The topological polar surface area (TPSA) is 35.5 Å². The third kappa shape index (κ3) is 3.99. The molecular weight excluding hydrogens is 264 g/mol. The summed E-state index contributed by atoms with van der Waals surface area (Å²) in [5.74, 6) is 1.53. The van der Waals surface area contributed by atoms with Crippen molar-refractivity contribution in [1.82, 2.24) is 0 Å². The van der Waals surface area contributed by atoms with Crippen molar-refractivity contribution >= 4 is 5.97 Å². The highest BCUT2D eigenvalue weighted by molar-refractivity contribution is 5.69. The maximum atomic E-state index is 11.7. The Morgan fingerprint density at radius 1 is 1.33 bits per heavy atom. The second-order valence-electron chi connectivity index (χ2n) is 6.83. The second kappa shape index (κ2) is 6.50. The van der Waals surface area contributed by atoms with Gasteiger partial charge >= 0.3 is 5.97 Å². The SMILES string of the molecule is COC(=O)CC1CCC(C)(C)CC1c1cccc(OC)c1. The van der Waals surface area contributed by atoms with Crippen LogP contribution >= 0.6 is 0 Å². The fraction of sp³-hybridized carbons (Fsp3) is 0.611. The number of hydrogen-bond acceptors (Lipinski definition) is 3. The number of esters is 1. The summed E-state index contributed by atoms with van der Waals surface area (Å²) in [5, 5.41) is 0. The van der Waals surface area contributed by atoms with Gasteiger partial charge < -0.3 is 9.47 Å². The molecule has 2 atom stereocenters. The van der Waals surface area contributed by atoms with Crippen LogP contribution in [0.2, 0.25) is 0 Å². The molecule has 0 aliphatic heterocycles. The summed E-state index contributed by atoms with van der Waals surface area (Å²) in [4.78, 5) is 11.7. The standard InChI is InChI=1S/C18H26O3/c1-18(2)9-8-14(11-17(19)21-4)16(12-18)13-6-5-7-15(10-13)20-3/h5-7,10,14,16H,8-9,11-12H2,1-4H3. The maximum absolute atomic E-state index is 11.7. The molecule has 0 aromatic heterocycles. The van der Waals surface area contributed by atoms with Gasteiger partial charge in [-0.25, -0.2) is 0 Å². The monoisotopic (exact) mass is 290 g/mol. The minimum Gasteiger partial charge on any atom is -0.497 e. The van der Waals surface area contributed by atoms with Gasteiger partial charge in [0, 0.05) is 6.42 Å². The minimum atomic E-state index is -0.104. The Labute approximate surface area is 127 Å². The van der Waals surface area contributed by atoms with Gasteiger partial charge in [-0.2, -0.15) is 0 Å². The van der Waals surface area contributed by atoms with E-state index in [0.717, 1.165) is 25.0 Å². The van der Waals surface area contributed by atoms with E-state index in [1.165, 1.54) is 12.7 Å². The third-order valence-corrected chi connectivity index (χ3v) is 4.71. The average molecular weight is 290 g/mol. The summed E-state index contributed by atoms with van der Waals surface area (Å²) in [6.07, 6.45) is 3.84. The highest BCUT2D eigenvalue weighted by atomic mass is 16.5. The van der Waals surface area contributed by atoms with Gasteiger partial charge in [0.1, 0.15) is 5.75 Å². The molecule has 1 fully saturated rings. The van der Waals surface area contributed by atoms with Crippen molar-refractivity contribution in [2.24, 2.45) is 11.3 Å². The molecule has 0 heterocycles. The van der Waals surface area contributed by atoms with Crippen LogP contribution in [0.15, 0.2) is 24.3 Å². The van der Waals surface area contributed by atoms with Crippen molar-refractivity contribution in [3.63, 3.8) is 0 Å². The van der Waals surface area contributed by atoms with Crippen LogP contribution in [0.3, 0.4) is 0 Å². The Kier molecular flexibility index (Phi) is 4.92. The lowest BCUT2D eigenvalue weighted by molar-refractivity contribution is -0.142. The Morgan fingerprint density at radius 2 is 2.10 bits per heavy atom. The molecule has 1 aromatic rings. The Balaban J connectivity index is 2.25. The fourth-order valence-corrected chi connectivity index (χ4v) is 3.45. The molecule has 2 unspecified atom stereocenters. The van der Waals surface area contributed by atoms with Crippen LogP contribution < -0.4 is 4.74 Å². The molecule has 0 amide bonds. The normalized spacial score (nSPS) is 24.4. The molecule has 1 aliphatic carbocycles. The zero-order valence-electron chi connectivity index (χ0n) is 13.5. The van der Waals surface area contributed by atoms with E-state index < -0.39 is 0 Å². The molecule has 1 aromatic carbocycles.